The van der Waals surface area contributed by atoms with Gasteiger partial charge in [-0.05, 0) is 32.4 Å². The van der Waals surface area contributed by atoms with E-state index in [1.165, 1.54) is 0 Å². The fourth-order valence-corrected chi connectivity index (χ4v) is 1.60. The van der Waals surface area contributed by atoms with Crippen LogP contribution < -0.4 is 4.74 Å². The molecule has 0 aliphatic heterocycles. The minimum absolute atomic E-state index is 0.156. The largest absolute Gasteiger partial charge is 0.490 e. The highest BCUT2D eigenvalue weighted by Gasteiger charge is 2.11. The van der Waals surface area contributed by atoms with Crippen molar-refractivity contribution in [2.24, 2.45) is 0 Å². The van der Waals surface area contributed by atoms with Gasteiger partial charge >= 0.3 is 0 Å². The van der Waals surface area contributed by atoms with Gasteiger partial charge in [-0.1, -0.05) is 12.1 Å². The summed E-state index contributed by atoms with van der Waals surface area (Å²) in [7, 11) is 0. The van der Waals surface area contributed by atoms with Crippen LogP contribution in [0.5, 0.6) is 5.75 Å². The van der Waals surface area contributed by atoms with Crippen LogP contribution in [-0.4, -0.2) is 36.1 Å². The average molecular weight is 254 g/mol. The van der Waals surface area contributed by atoms with Crippen LogP contribution >= 0.6 is 0 Å². The van der Waals surface area contributed by atoms with E-state index in [-0.39, 0.29) is 13.2 Å². The van der Waals surface area contributed by atoms with Crippen molar-refractivity contribution >= 4 is 0 Å². The van der Waals surface area contributed by atoms with Crippen LogP contribution in [0, 0.1) is 6.92 Å². The lowest BCUT2D eigenvalue weighted by Crippen LogP contribution is -2.23. The first kappa shape index (κ1) is 15.0. The minimum Gasteiger partial charge on any atom is -0.490 e. The highest BCUT2D eigenvalue weighted by molar-refractivity contribution is 5.38. The van der Waals surface area contributed by atoms with Crippen molar-refractivity contribution in [2.45, 2.75) is 33.0 Å². The number of aryl methyl sites for hydroxylation is 1. The van der Waals surface area contributed by atoms with Crippen molar-refractivity contribution in [1.82, 2.24) is 0 Å². The molecule has 2 unspecified atom stereocenters. The van der Waals surface area contributed by atoms with E-state index in [1.54, 1.807) is 6.92 Å². The molecule has 0 saturated heterocycles. The molecule has 0 saturated carbocycles. The molecular weight excluding hydrogens is 232 g/mol. The normalized spacial score (nSPS) is 14.3. The van der Waals surface area contributed by atoms with Crippen molar-refractivity contribution in [3.8, 4) is 5.75 Å². The standard InChI is InChI=1S/C14H22O4/c1-4-17-8-12(16)9-18-14-7-10(2)5-6-13(14)11(3)15/h5-7,11-12,15-16H,4,8-9H2,1-3H3. The summed E-state index contributed by atoms with van der Waals surface area (Å²) in [6, 6.07) is 5.62. The first-order valence-electron chi connectivity index (χ1n) is 6.21. The van der Waals surface area contributed by atoms with Gasteiger partial charge in [-0.15, -0.1) is 0 Å². The summed E-state index contributed by atoms with van der Waals surface area (Å²) in [4.78, 5) is 0. The Bertz CT molecular complexity index is 363. The van der Waals surface area contributed by atoms with Crippen LogP contribution in [0.15, 0.2) is 18.2 Å². The Hall–Kier alpha value is -1.10. The molecule has 1 aromatic rings. The van der Waals surface area contributed by atoms with Crippen LogP contribution in [-0.2, 0) is 4.74 Å². The number of hydrogen-bond donors (Lipinski definition) is 2. The summed E-state index contributed by atoms with van der Waals surface area (Å²) in [5.74, 6) is 0.612. The first-order chi connectivity index (χ1) is 8.54. The smallest absolute Gasteiger partial charge is 0.125 e. The lowest BCUT2D eigenvalue weighted by Gasteiger charge is -2.16. The molecule has 1 rings (SSSR count). The average Bonchev–Trinajstić information content (AvgIpc) is 2.33. The van der Waals surface area contributed by atoms with Crippen LogP contribution in [0.2, 0.25) is 0 Å². The maximum atomic E-state index is 9.63. The van der Waals surface area contributed by atoms with Crippen LogP contribution in [0.25, 0.3) is 0 Å². The maximum Gasteiger partial charge on any atom is 0.125 e. The predicted octanol–water partition coefficient (Wildman–Crippen LogP) is 1.82. The Morgan fingerprint density at radius 2 is 1.94 bits per heavy atom. The molecule has 2 atom stereocenters. The molecule has 0 aromatic heterocycles. The van der Waals surface area contributed by atoms with E-state index >= 15 is 0 Å². The molecule has 1 aromatic carbocycles. The molecule has 18 heavy (non-hydrogen) atoms. The minimum atomic E-state index is -0.660. The van der Waals surface area contributed by atoms with E-state index in [0.717, 1.165) is 11.1 Å². The summed E-state index contributed by atoms with van der Waals surface area (Å²) in [6.07, 6.45) is -1.25. The van der Waals surface area contributed by atoms with Crippen molar-refractivity contribution in [2.75, 3.05) is 19.8 Å². The third-order valence-electron chi connectivity index (χ3n) is 2.56. The molecule has 0 radical (unpaired) electrons. The van der Waals surface area contributed by atoms with Crippen LogP contribution in [0.1, 0.15) is 31.1 Å². The second kappa shape index (κ2) is 7.36. The molecule has 2 N–H and O–H groups in total. The molecular formula is C14H22O4. The zero-order valence-corrected chi connectivity index (χ0v) is 11.2. The molecule has 0 amide bonds. The van der Waals surface area contributed by atoms with Gasteiger partial charge < -0.3 is 19.7 Å². The number of ether oxygens (including phenoxy) is 2. The van der Waals surface area contributed by atoms with Gasteiger partial charge in [0.2, 0.25) is 0 Å². The third-order valence-corrected chi connectivity index (χ3v) is 2.56. The zero-order valence-electron chi connectivity index (χ0n) is 11.2. The van der Waals surface area contributed by atoms with Gasteiger partial charge in [0.05, 0.1) is 12.7 Å². The van der Waals surface area contributed by atoms with Crippen molar-refractivity contribution in [3.05, 3.63) is 29.3 Å². The highest BCUT2D eigenvalue weighted by atomic mass is 16.5. The van der Waals surface area contributed by atoms with Gasteiger partial charge in [0.25, 0.3) is 0 Å². The SMILES string of the molecule is CCOCC(O)COc1cc(C)ccc1C(C)O. The number of benzene rings is 1. The van der Waals surface area contributed by atoms with E-state index < -0.39 is 12.2 Å². The summed E-state index contributed by atoms with van der Waals surface area (Å²) >= 11 is 0. The fourth-order valence-electron chi connectivity index (χ4n) is 1.60. The molecule has 0 spiro atoms. The number of hydrogen-bond acceptors (Lipinski definition) is 4. The van der Waals surface area contributed by atoms with E-state index in [0.29, 0.717) is 12.4 Å². The maximum absolute atomic E-state index is 9.63. The topological polar surface area (TPSA) is 58.9 Å². The van der Waals surface area contributed by atoms with Gasteiger partial charge in [0.1, 0.15) is 18.5 Å². The highest BCUT2D eigenvalue weighted by Crippen LogP contribution is 2.26. The lowest BCUT2D eigenvalue weighted by atomic mass is 10.1. The molecule has 0 aliphatic carbocycles. The molecule has 102 valence electrons. The summed E-state index contributed by atoms with van der Waals surface area (Å²) in [5.41, 5.74) is 1.78. The van der Waals surface area contributed by atoms with Gasteiger partial charge in [-0.25, -0.2) is 0 Å². The van der Waals surface area contributed by atoms with E-state index in [9.17, 15) is 10.2 Å². The second-order valence-electron chi connectivity index (χ2n) is 4.34. The molecule has 0 fully saturated rings. The number of rotatable bonds is 7. The third kappa shape index (κ3) is 4.64. The summed E-state index contributed by atoms with van der Waals surface area (Å²) in [5, 5.41) is 19.3. The molecule has 0 bridgehead atoms. The van der Waals surface area contributed by atoms with Crippen LogP contribution in [0.3, 0.4) is 0 Å². The Morgan fingerprint density at radius 1 is 1.22 bits per heavy atom. The zero-order chi connectivity index (χ0) is 13.5. The van der Waals surface area contributed by atoms with Crippen LogP contribution in [0.4, 0.5) is 0 Å². The van der Waals surface area contributed by atoms with E-state index in [2.05, 4.69) is 0 Å². The fraction of sp³-hybridized carbons (Fsp3) is 0.571. The predicted molar refractivity (Wildman–Crippen MR) is 69.8 cm³/mol. The van der Waals surface area contributed by atoms with Gasteiger partial charge in [0.15, 0.2) is 0 Å². The Kier molecular flexibility index (Phi) is 6.12. The quantitative estimate of drug-likeness (QED) is 0.779. The lowest BCUT2D eigenvalue weighted by molar-refractivity contribution is 0.0158. The first-order valence-corrected chi connectivity index (χ1v) is 6.21. The number of aliphatic hydroxyl groups excluding tert-OH is 2. The van der Waals surface area contributed by atoms with Gasteiger partial charge in [-0.2, -0.15) is 0 Å². The Labute approximate surface area is 108 Å². The number of aliphatic hydroxyl groups is 2. The Morgan fingerprint density at radius 3 is 2.56 bits per heavy atom. The van der Waals surface area contributed by atoms with E-state index in [1.807, 2.05) is 32.0 Å². The molecule has 4 heteroatoms. The molecule has 0 heterocycles. The Balaban J connectivity index is 2.62. The molecule has 0 aliphatic rings. The summed E-state index contributed by atoms with van der Waals surface area (Å²) in [6.45, 7) is 6.50. The summed E-state index contributed by atoms with van der Waals surface area (Å²) < 4.78 is 10.7. The second-order valence-corrected chi connectivity index (χ2v) is 4.34. The monoisotopic (exact) mass is 254 g/mol. The van der Waals surface area contributed by atoms with Crippen molar-refractivity contribution in [3.63, 3.8) is 0 Å². The van der Waals surface area contributed by atoms with Gasteiger partial charge in [0, 0.05) is 12.2 Å². The molecule has 4 nitrogen and oxygen atoms in total. The van der Waals surface area contributed by atoms with Crippen molar-refractivity contribution in [1.29, 1.82) is 0 Å². The van der Waals surface area contributed by atoms with Gasteiger partial charge in [-0.3, -0.25) is 0 Å². The van der Waals surface area contributed by atoms with E-state index in [4.69, 9.17) is 9.47 Å². The van der Waals surface area contributed by atoms with Crippen molar-refractivity contribution < 1.29 is 19.7 Å².